The number of phenols is 1. The minimum absolute atomic E-state index is 0.325. The molecule has 1 aliphatic carbocycles. The van der Waals surface area contributed by atoms with Gasteiger partial charge in [0.25, 0.3) is 0 Å². The van der Waals surface area contributed by atoms with E-state index in [9.17, 15) is 5.11 Å². The highest BCUT2D eigenvalue weighted by Gasteiger charge is 2.27. The molecule has 2 atom stereocenters. The van der Waals surface area contributed by atoms with Crippen molar-refractivity contribution >= 4 is 22.6 Å². The fourth-order valence-corrected chi connectivity index (χ4v) is 3.50. The van der Waals surface area contributed by atoms with Crippen LogP contribution in [-0.4, -0.2) is 16.9 Å². The number of benzene rings is 2. The van der Waals surface area contributed by atoms with Crippen molar-refractivity contribution in [3.05, 3.63) is 60.2 Å². The minimum atomic E-state index is 0.325. The third-order valence-electron chi connectivity index (χ3n) is 4.67. The third kappa shape index (κ3) is 2.35. The number of phenolic OH excluding ortho intramolecular Hbond substituents is 1. The summed E-state index contributed by atoms with van der Waals surface area (Å²) in [7, 11) is 0. The van der Waals surface area contributed by atoms with Crippen LogP contribution in [0.2, 0.25) is 0 Å². The number of rotatable bonds is 2. The summed E-state index contributed by atoms with van der Waals surface area (Å²) in [6.07, 6.45) is 12.0. The zero-order valence-electron chi connectivity index (χ0n) is 12.4. The number of fused-ring (bicyclic) bond motifs is 2. The Kier molecular flexibility index (Phi) is 3.30. The lowest BCUT2D eigenvalue weighted by molar-refractivity contribution is 0.475. The van der Waals surface area contributed by atoms with Crippen LogP contribution in [0.5, 0.6) is 5.75 Å². The molecular formula is C20H19NO. The van der Waals surface area contributed by atoms with Gasteiger partial charge in [-0.1, -0.05) is 42.5 Å². The normalized spacial score (nSPS) is 23.9. The molecule has 0 radical (unpaired) electrons. The van der Waals surface area contributed by atoms with Crippen LogP contribution in [0.4, 0.5) is 0 Å². The Morgan fingerprint density at radius 3 is 2.91 bits per heavy atom. The van der Waals surface area contributed by atoms with Crippen molar-refractivity contribution in [1.82, 2.24) is 0 Å². The first-order valence-corrected chi connectivity index (χ1v) is 7.93. The summed E-state index contributed by atoms with van der Waals surface area (Å²) in [5, 5.41) is 12.4. The van der Waals surface area contributed by atoms with Crippen LogP contribution in [0.15, 0.2) is 59.6 Å². The number of hydrogen-bond acceptors (Lipinski definition) is 2. The van der Waals surface area contributed by atoms with Gasteiger partial charge in [-0.05, 0) is 48.3 Å². The fourth-order valence-electron chi connectivity index (χ4n) is 3.50. The first kappa shape index (κ1) is 13.3. The standard InChI is InChI=1S/C20H19NO/c22-20-12-9-14-5-1-3-7-17(14)18(20)11-10-16-13-15-6-2-4-8-19(15)21-16/h1-3,5-7,9-12,15,19,22H,4,8,13H2. The molecule has 110 valence electrons. The summed E-state index contributed by atoms with van der Waals surface area (Å²) in [5.74, 6) is 0.903. The highest BCUT2D eigenvalue weighted by molar-refractivity contribution is 6.02. The fraction of sp³-hybridized carbons (Fsp3) is 0.250. The second-order valence-corrected chi connectivity index (χ2v) is 6.11. The Balaban J connectivity index is 1.67. The molecule has 0 aromatic heterocycles. The van der Waals surface area contributed by atoms with Crippen LogP contribution in [0.3, 0.4) is 0 Å². The van der Waals surface area contributed by atoms with E-state index in [4.69, 9.17) is 4.99 Å². The molecule has 1 aliphatic heterocycles. The van der Waals surface area contributed by atoms with E-state index in [1.165, 1.54) is 0 Å². The van der Waals surface area contributed by atoms with E-state index >= 15 is 0 Å². The summed E-state index contributed by atoms with van der Waals surface area (Å²) < 4.78 is 0. The van der Waals surface area contributed by atoms with Gasteiger partial charge in [-0.2, -0.15) is 0 Å². The molecule has 2 unspecified atom stereocenters. The summed E-state index contributed by atoms with van der Waals surface area (Å²) in [6.45, 7) is 0. The van der Waals surface area contributed by atoms with E-state index in [2.05, 4.69) is 24.3 Å². The van der Waals surface area contributed by atoms with Gasteiger partial charge in [-0.25, -0.2) is 0 Å². The van der Waals surface area contributed by atoms with Crippen LogP contribution in [0, 0.1) is 5.92 Å². The molecule has 0 saturated carbocycles. The van der Waals surface area contributed by atoms with Crippen molar-refractivity contribution in [3.8, 4) is 5.75 Å². The second-order valence-electron chi connectivity index (χ2n) is 6.11. The maximum absolute atomic E-state index is 10.2. The van der Waals surface area contributed by atoms with Crippen molar-refractivity contribution in [1.29, 1.82) is 0 Å². The quantitative estimate of drug-likeness (QED) is 0.796. The van der Waals surface area contributed by atoms with Crippen molar-refractivity contribution in [2.75, 3.05) is 0 Å². The van der Waals surface area contributed by atoms with Crippen molar-refractivity contribution in [3.63, 3.8) is 0 Å². The van der Waals surface area contributed by atoms with Crippen molar-refractivity contribution in [2.24, 2.45) is 10.9 Å². The SMILES string of the molecule is Oc1ccc2ccccc2c1C=CC1=NC2CCC=CC2C1. The van der Waals surface area contributed by atoms with Crippen LogP contribution >= 0.6 is 0 Å². The monoisotopic (exact) mass is 289 g/mol. The molecule has 0 bridgehead atoms. The Morgan fingerprint density at radius 2 is 2.00 bits per heavy atom. The summed E-state index contributed by atoms with van der Waals surface area (Å²) in [5.41, 5.74) is 2.03. The molecule has 0 fully saturated rings. The van der Waals surface area contributed by atoms with Crippen LogP contribution in [-0.2, 0) is 0 Å². The van der Waals surface area contributed by atoms with Gasteiger partial charge in [-0.3, -0.25) is 4.99 Å². The molecule has 2 aromatic rings. The van der Waals surface area contributed by atoms with Crippen molar-refractivity contribution in [2.45, 2.75) is 25.3 Å². The topological polar surface area (TPSA) is 32.6 Å². The Morgan fingerprint density at radius 1 is 1.09 bits per heavy atom. The predicted octanol–water partition coefficient (Wildman–Crippen LogP) is 4.74. The number of aromatic hydroxyl groups is 1. The summed E-state index contributed by atoms with van der Waals surface area (Å²) in [6, 6.07) is 12.3. The third-order valence-corrected chi connectivity index (χ3v) is 4.67. The van der Waals surface area contributed by atoms with Gasteiger partial charge in [0.15, 0.2) is 0 Å². The Bertz CT molecular complexity index is 800. The van der Waals surface area contributed by atoms with E-state index in [0.29, 0.717) is 17.7 Å². The highest BCUT2D eigenvalue weighted by Crippen LogP contribution is 2.32. The van der Waals surface area contributed by atoms with E-state index in [1.54, 1.807) is 6.07 Å². The molecule has 2 heteroatoms. The van der Waals surface area contributed by atoms with Gasteiger partial charge >= 0.3 is 0 Å². The number of hydrogen-bond donors (Lipinski definition) is 1. The molecule has 0 amide bonds. The number of allylic oxidation sites excluding steroid dienone is 2. The highest BCUT2D eigenvalue weighted by atomic mass is 16.3. The van der Waals surface area contributed by atoms with Gasteiger partial charge in [-0.15, -0.1) is 0 Å². The van der Waals surface area contributed by atoms with E-state index in [1.807, 2.05) is 30.3 Å². The summed E-state index contributed by atoms with van der Waals surface area (Å²) >= 11 is 0. The molecule has 22 heavy (non-hydrogen) atoms. The maximum atomic E-state index is 10.2. The van der Waals surface area contributed by atoms with E-state index in [-0.39, 0.29) is 0 Å². The van der Waals surface area contributed by atoms with E-state index in [0.717, 1.165) is 41.3 Å². The molecule has 0 saturated heterocycles. The second kappa shape index (κ2) is 5.45. The molecule has 0 spiro atoms. The lowest BCUT2D eigenvalue weighted by atomic mass is 9.90. The smallest absolute Gasteiger partial charge is 0.123 e. The lowest BCUT2D eigenvalue weighted by Crippen LogP contribution is -2.14. The molecule has 4 rings (SSSR count). The predicted molar refractivity (Wildman–Crippen MR) is 92.4 cm³/mol. The largest absolute Gasteiger partial charge is 0.507 e. The van der Waals surface area contributed by atoms with Gasteiger partial charge in [0.05, 0.1) is 6.04 Å². The average molecular weight is 289 g/mol. The molecular weight excluding hydrogens is 270 g/mol. The first-order chi connectivity index (χ1) is 10.8. The van der Waals surface area contributed by atoms with Crippen LogP contribution in [0.25, 0.3) is 16.8 Å². The number of aliphatic imine (C=N–C) groups is 1. The molecule has 2 aliphatic rings. The van der Waals surface area contributed by atoms with Crippen LogP contribution in [0.1, 0.15) is 24.8 Å². The average Bonchev–Trinajstić information content (AvgIpc) is 2.97. The molecule has 2 aromatic carbocycles. The Hall–Kier alpha value is -2.35. The number of nitrogens with zero attached hydrogens (tertiary/aromatic N) is 1. The van der Waals surface area contributed by atoms with Crippen molar-refractivity contribution < 1.29 is 5.11 Å². The molecule has 1 heterocycles. The van der Waals surface area contributed by atoms with E-state index < -0.39 is 0 Å². The van der Waals surface area contributed by atoms with Gasteiger partial charge in [0.1, 0.15) is 5.75 Å². The summed E-state index contributed by atoms with van der Waals surface area (Å²) in [4.78, 5) is 4.83. The molecule has 2 nitrogen and oxygen atoms in total. The first-order valence-electron chi connectivity index (χ1n) is 7.93. The Labute approximate surface area is 130 Å². The molecule has 1 N–H and O–H groups in total. The van der Waals surface area contributed by atoms with Gasteiger partial charge < -0.3 is 5.11 Å². The zero-order chi connectivity index (χ0) is 14.9. The van der Waals surface area contributed by atoms with Gasteiger partial charge in [0, 0.05) is 17.2 Å². The van der Waals surface area contributed by atoms with Gasteiger partial charge in [0.2, 0.25) is 0 Å². The zero-order valence-corrected chi connectivity index (χ0v) is 12.4. The lowest BCUT2D eigenvalue weighted by Gasteiger charge is -2.16. The minimum Gasteiger partial charge on any atom is -0.507 e. The van der Waals surface area contributed by atoms with Crippen LogP contribution < -0.4 is 0 Å². The maximum Gasteiger partial charge on any atom is 0.123 e.